The lowest BCUT2D eigenvalue weighted by Crippen LogP contribution is -2.39. The van der Waals surface area contributed by atoms with Gasteiger partial charge in [0.05, 0.1) is 13.2 Å². The van der Waals surface area contributed by atoms with Crippen LogP contribution in [-0.2, 0) is 11.3 Å². The summed E-state index contributed by atoms with van der Waals surface area (Å²) in [5.74, 6) is 0.351. The van der Waals surface area contributed by atoms with Crippen LogP contribution in [0.2, 0.25) is 0 Å². The van der Waals surface area contributed by atoms with Crippen LogP contribution in [0, 0.1) is 0 Å². The van der Waals surface area contributed by atoms with Gasteiger partial charge in [0.2, 0.25) is 11.8 Å². The highest BCUT2D eigenvalue weighted by Crippen LogP contribution is 2.06. The van der Waals surface area contributed by atoms with Crippen LogP contribution in [0.15, 0.2) is 31.0 Å². The van der Waals surface area contributed by atoms with Crippen LogP contribution in [-0.4, -0.2) is 24.0 Å². The summed E-state index contributed by atoms with van der Waals surface area (Å²) in [6, 6.07) is 3.04. The van der Waals surface area contributed by atoms with E-state index in [-0.39, 0.29) is 5.91 Å². The highest BCUT2D eigenvalue weighted by molar-refractivity contribution is 5.81. The minimum absolute atomic E-state index is 0.194. The Bertz CT molecular complexity index is 376. The summed E-state index contributed by atoms with van der Waals surface area (Å²) in [6.45, 7) is 3.94. The maximum atomic E-state index is 11.5. The van der Waals surface area contributed by atoms with E-state index in [0.29, 0.717) is 18.8 Å². The first-order valence-electron chi connectivity index (χ1n) is 5.30. The lowest BCUT2D eigenvalue weighted by molar-refractivity contribution is -0.122. The van der Waals surface area contributed by atoms with Gasteiger partial charge in [0.15, 0.2) is 0 Å². The van der Waals surface area contributed by atoms with Crippen molar-refractivity contribution < 1.29 is 9.53 Å². The molecule has 5 nitrogen and oxygen atoms in total. The molecule has 0 saturated carbocycles. The molecule has 0 aromatic carbocycles. The summed E-state index contributed by atoms with van der Waals surface area (Å²) in [6.07, 6.45) is 3.74. The number of pyridine rings is 1. The monoisotopic (exact) mass is 235 g/mol. The molecule has 0 aliphatic heterocycles. The zero-order valence-electron chi connectivity index (χ0n) is 9.85. The number of rotatable bonds is 6. The van der Waals surface area contributed by atoms with Gasteiger partial charge < -0.3 is 15.8 Å². The minimum Gasteiger partial charge on any atom is -0.481 e. The summed E-state index contributed by atoms with van der Waals surface area (Å²) in [5, 5.41) is 2.73. The van der Waals surface area contributed by atoms with Crippen LogP contribution in [0.1, 0.15) is 12.0 Å². The van der Waals surface area contributed by atoms with Crippen LogP contribution >= 0.6 is 0 Å². The molecule has 0 aliphatic rings. The zero-order chi connectivity index (χ0) is 12.7. The van der Waals surface area contributed by atoms with E-state index < -0.39 is 6.04 Å². The van der Waals surface area contributed by atoms with E-state index in [2.05, 4.69) is 16.9 Å². The molecule has 1 unspecified atom stereocenters. The smallest absolute Gasteiger partial charge is 0.237 e. The highest BCUT2D eigenvalue weighted by Gasteiger charge is 2.10. The predicted molar refractivity (Wildman–Crippen MR) is 65.4 cm³/mol. The molecule has 1 atom stereocenters. The van der Waals surface area contributed by atoms with E-state index in [1.807, 2.05) is 6.07 Å². The molecule has 1 amide bonds. The van der Waals surface area contributed by atoms with E-state index in [1.54, 1.807) is 25.4 Å². The quantitative estimate of drug-likeness (QED) is 0.708. The number of ether oxygens (including phenoxy) is 1. The topological polar surface area (TPSA) is 77.2 Å². The molecule has 0 fully saturated rings. The standard InChI is InChI=1S/C12H17N3O2/c1-3-4-10(13)12(16)15-8-9-5-6-11(17-2)14-7-9/h3,5-7,10H,1,4,8,13H2,2H3,(H,15,16). The third-order valence-electron chi connectivity index (χ3n) is 2.23. The first kappa shape index (κ1) is 13.2. The molecule has 0 spiro atoms. The zero-order valence-corrected chi connectivity index (χ0v) is 9.85. The normalized spacial score (nSPS) is 11.6. The number of methoxy groups -OCH3 is 1. The van der Waals surface area contributed by atoms with E-state index in [0.717, 1.165) is 5.56 Å². The Labute approximate surface area is 101 Å². The van der Waals surface area contributed by atoms with Crippen molar-refractivity contribution in [1.82, 2.24) is 10.3 Å². The minimum atomic E-state index is -0.543. The molecule has 1 heterocycles. The number of amides is 1. The molecule has 1 aromatic heterocycles. The number of aromatic nitrogens is 1. The molecule has 1 rings (SSSR count). The number of carbonyl (C=O) groups excluding carboxylic acids is 1. The molecular weight excluding hydrogens is 218 g/mol. The van der Waals surface area contributed by atoms with Crippen molar-refractivity contribution in [2.24, 2.45) is 5.73 Å². The molecular formula is C12H17N3O2. The van der Waals surface area contributed by atoms with Crippen molar-refractivity contribution in [2.45, 2.75) is 19.0 Å². The van der Waals surface area contributed by atoms with Gasteiger partial charge >= 0.3 is 0 Å². The number of hydrogen-bond acceptors (Lipinski definition) is 4. The largest absolute Gasteiger partial charge is 0.481 e. The lowest BCUT2D eigenvalue weighted by atomic mass is 10.2. The molecule has 0 bridgehead atoms. The Morgan fingerprint density at radius 2 is 2.47 bits per heavy atom. The van der Waals surface area contributed by atoms with Crippen molar-refractivity contribution in [3.05, 3.63) is 36.5 Å². The lowest BCUT2D eigenvalue weighted by Gasteiger charge is -2.10. The summed E-state index contributed by atoms with van der Waals surface area (Å²) >= 11 is 0. The van der Waals surface area contributed by atoms with Gasteiger partial charge in [0.1, 0.15) is 0 Å². The first-order chi connectivity index (χ1) is 8.17. The maximum absolute atomic E-state index is 11.5. The van der Waals surface area contributed by atoms with Crippen LogP contribution in [0.5, 0.6) is 5.88 Å². The highest BCUT2D eigenvalue weighted by atomic mass is 16.5. The van der Waals surface area contributed by atoms with Gasteiger partial charge in [-0.3, -0.25) is 4.79 Å². The molecule has 0 aliphatic carbocycles. The average molecular weight is 235 g/mol. The fourth-order valence-corrected chi connectivity index (χ4v) is 1.24. The molecule has 1 aromatic rings. The SMILES string of the molecule is C=CCC(N)C(=O)NCc1ccc(OC)nc1. The molecule has 17 heavy (non-hydrogen) atoms. The van der Waals surface area contributed by atoms with Gasteiger partial charge in [0.25, 0.3) is 0 Å². The van der Waals surface area contributed by atoms with Crippen molar-refractivity contribution in [3.8, 4) is 5.88 Å². The van der Waals surface area contributed by atoms with Gasteiger partial charge in [-0.1, -0.05) is 12.1 Å². The third kappa shape index (κ3) is 4.24. The maximum Gasteiger partial charge on any atom is 0.237 e. The van der Waals surface area contributed by atoms with Crippen molar-refractivity contribution in [3.63, 3.8) is 0 Å². The van der Waals surface area contributed by atoms with E-state index in [1.165, 1.54) is 0 Å². The number of nitrogens with two attached hydrogens (primary N) is 1. The van der Waals surface area contributed by atoms with Gasteiger partial charge in [-0.05, 0) is 12.0 Å². The summed E-state index contributed by atoms with van der Waals surface area (Å²) < 4.78 is 4.94. The molecule has 92 valence electrons. The molecule has 0 radical (unpaired) electrons. The Morgan fingerprint density at radius 1 is 1.71 bits per heavy atom. The summed E-state index contributed by atoms with van der Waals surface area (Å²) in [5.41, 5.74) is 6.51. The second kappa shape index (κ2) is 6.65. The van der Waals surface area contributed by atoms with Crippen LogP contribution < -0.4 is 15.8 Å². The van der Waals surface area contributed by atoms with E-state index in [4.69, 9.17) is 10.5 Å². The van der Waals surface area contributed by atoms with E-state index >= 15 is 0 Å². The average Bonchev–Trinajstić information content (AvgIpc) is 2.36. The third-order valence-corrected chi connectivity index (χ3v) is 2.23. The van der Waals surface area contributed by atoms with Crippen LogP contribution in [0.4, 0.5) is 0 Å². The number of nitrogens with zero attached hydrogens (tertiary/aromatic N) is 1. The molecule has 0 saturated heterocycles. The Morgan fingerprint density at radius 3 is 3.00 bits per heavy atom. The van der Waals surface area contributed by atoms with Crippen molar-refractivity contribution in [2.75, 3.05) is 7.11 Å². The number of nitrogens with one attached hydrogen (secondary N) is 1. The van der Waals surface area contributed by atoms with Crippen LogP contribution in [0.25, 0.3) is 0 Å². The Balaban J connectivity index is 2.44. The second-order valence-corrected chi connectivity index (χ2v) is 3.56. The van der Waals surface area contributed by atoms with Gasteiger partial charge in [0, 0.05) is 18.8 Å². The van der Waals surface area contributed by atoms with E-state index in [9.17, 15) is 4.79 Å². The first-order valence-corrected chi connectivity index (χ1v) is 5.30. The Hall–Kier alpha value is -1.88. The second-order valence-electron chi connectivity index (χ2n) is 3.56. The predicted octanol–water partition coefficient (Wildman–Crippen LogP) is 0.610. The Kier molecular flexibility index (Phi) is 5.16. The molecule has 5 heteroatoms. The fourth-order valence-electron chi connectivity index (χ4n) is 1.24. The van der Waals surface area contributed by atoms with Gasteiger partial charge in [-0.25, -0.2) is 4.98 Å². The van der Waals surface area contributed by atoms with Gasteiger partial charge in [-0.15, -0.1) is 6.58 Å². The van der Waals surface area contributed by atoms with Gasteiger partial charge in [-0.2, -0.15) is 0 Å². The van der Waals surface area contributed by atoms with Crippen LogP contribution in [0.3, 0.4) is 0 Å². The molecule has 3 N–H and O–H groups in total. The number of carbonyl (C=O) groups is 1. The fraction of sp³-hybridized carbons (Fsp3) is 0.333. The number of hydrogen-bond donors (Lipinski definition) is 2. The summed E-state index contributed by atoms with van der Waals surface area (Å²) in [4.78, 5) is 15.5. The van der Waals surface area contributed by atoms with Crippen molar-refractivity contribution >= 4 is 5.91 Å². The van der Waals surface area contributed by atoms with Crippen molar-refractivity contribution in [1.29, 1.82) is 0 Å². The summed E-state index contributed by atoms with van der Waals surface area (Å²) in [7, 11) is 1.55.